The molecule has 1 aromatic heterocycles. The van der Waals surface area contributed by atoms with Crippen LogP contribution in [0, 0.1) is 5.92 Å². The second-order valence-electron chi connectivity index (χ2n) is 3.63. The van der Waals surface area contributed by atoms with E-state index in [9.17, 15) is 4.79 Å². The standard InChI is InChI=1S/C10H14ClN3O/c1-6(2)9(12)10(15)14-7-3-4-8(11)13-5-7/h3-6,9H,12H2,1-2H3,(H,14,15). The van der Waals surface area contributed by atoms with Gasteiger partial charge in [0, 0.05) is 0 Å². The van der Waals surface area contributed by atoms with Crippen LogP contribution in [0.5, 0.6) is 0 Å². The molecule has 1 aromatic rings. The van der Waals surface area contributed by atoms with Gasteiger partial charge in [0.05, 0.1) is 17.9 Å². The van der Waals surface area contributed by atoms with Crippen molar-refractivity contribution in [2.24, 2.45) is 11.7 Å². The number of amides is 1. The average molecular weight is 228 g/mol. The van der Waals surface area contributed by atoms with Crippen molar-refractivity contribution < 1.29 is 4.79 Å². The van der Waals surface area contributed by atoms with Crippen molar-refractivity contribution in [1.82, 2.24) is 4.98 Å². The fourth-order valence-electron chi connectivity index (χ4n) is 0.978. The highest BCUT2D eigenvalue weighted by Crippen LogP contribution is 2.10. The van der Waals surface area contributed by atoms with E-state index in [0.29, 0.717) is 10.8 Å². The van der Waals surface area contributed by atoms with Crippen molar-refractivity contribution in [3.8, 4) is 0 Å². The summed E-state index contributed by atoms with van der Waals surface area (Å²) in [5.74, 6) is -0.112. The minimum absolute atomic E-state index is 0.102. The summed E-state index contributed by atoms with van der Waals surface area (Å²) < 4.78 is 0. The first-order chi connectivity index (χ1) is 7.00. The molecular weight excluding hydrogens is 214 g/mol. The number of nitrogens with one attached hydrogen (secondary N) is 1. The number of rotatable bonds is 3. The molecule has 1 atom stereocenters. The number of hydrogen-bond donors (Lipinski definition) is 2. The monoisotopic (exact) mass is 227 g/mol. The molecule has 3 N–H and O–H groups in total. The van der Waals surface area contributed by atoms with Gasteiger partial charge in [-0.1, -0.05) is 25.4 Å². The molecule has 5 heteroatoms. The van der Waals surface area contributed by atoms with E-state index in [1.54, 1.807) is 12.1 Å². The fourth-order valence-corrected chi connectivity index (χ4v) is 1.09. The largest absolute Gasteiger partial charge is 0.323 e. The summed E-state index contributed by atoms with van der Waals surface area (Å²) in [4.78, 5) is 15.4. The number of pyridine rings is 1. The van der Waals surface area contributed by atoms with Gasteiger partial charge in [0.15, 0.2) is 0 Å². The van der Waals surface area contributed by atoms with Crippen LogP contribution in [0.2, 0.25) is 5.15 Å². The Labute approximate surface area is 93.8 Å². The molecule has 15 heavy (non-hydrogen) atoms. The summed E-state index contributed by atoms with van der Waals surface area (Å²) >= 11 is 5.61. The molecule has 0 radical (unpaired) electrons. The predicted octanol–water partition coefficient (Wildman–Crippen LogP) is 1.66. The molecule has 1 unspecified atom stereocenters. The Balaban J connectivity index is 2.62. The van der Waals surface area contributed by atoms with Gasteiger partial charge in [0.25, 0.3) is 0 Å². The first-order valence-electron chi connectivity index (χ1n) is 4.68. The van der Waals surface area contributed by atoms with Gasteiger partial charge in [0.2, 0.25) is 5.91 Å². The van der Waals surface area contributed by atoms with E-state index in [0.717, 1.165) is 0 Å². The molecule has 1 rings (SSSR count). The van der Waals surface area contributed by atoms with Crippen LogP contribution in [0.25, 0.3) is 0 Å². The van der Waals surface area contributed by atoms with Gasteiger partial charge in [-0.25, -0.2) is 4.98 Å². The number of aromatic nitrogens is 1. The summed E-state index contributed by atoms with van der Waals surface area (Å²) in [6.45, 7) is 3.79. The normalized spacial score (nSPS) is 12.6. The summed E-state index contributed by atoms with van der Waals surface area (Å²) in [5, 5.41) is 3.06. The van der Waals surface area contributed by atoms with E-state index >= 15 is 0 Å². The zero-order valence-corrected chi connectivity index (χ0v) is 9.45. The van der Waals surface area contributed by atoms with Crippen LogP contribution >= 0.6 is 11.6 Å². The van der Waals surface area contributed by atoms with Crippen LogP contribution in [-0.2, 0) is 4.79 Å². The number of carbonyl (C=O) groups excluding carboxylic acids is 1. The molecule has 0 spiro atoms. The lowest BCUT2D eigenvalue weighted by atomic mass is 10.1. The maximum absolute atomic E-state index is 11.5. The number of hydrogen-bond acceptors (Lipinski definition) is 3. The van der Waals surface area contributed by atoms with E-state index in [1.165, 1.54) is 6.20 Å². The van der Waals surface area contributed by atoms with Gasteiger partial charge in [-0.15, -0.1) is 0 Å². The third-order valence-corrected chi connectivity index (χ3v) is 2.24. The van der Waals surface area contributed by atoms with E-state index in [4.69, 9.17) is 17.3 Å². The van der Waals surface area contributed by atoms with Crippen LogP contribution in [0.15, 0.2) is 18.3 Å². The topological polar surface area (TPSA) is 68.0 Å². The number of nitrogens with two attached hydrogens (primary N) is 1. The second kappa shape index (κ2) is 5.09. The first kappa shape index (κ1) is 11.9. The summed E-state index contributed by atoms with van der Waals surface area (Å²) in [7, 11) is 0. The molecule has 4 nitrogen and oxygen atoms in total. The van der Waals surface area contributed by atoms with E-state index in [2.05, 4.69) is 10.3 Å². The second-order valence-corrected chi connectivity index (χ2v) is 4.02. The molecule has 82 valence electrons. The van der Waals surface area contributed by atoms with Gasteiger partial charge < -0.3 is 11.1 Å². The van der Waals surface area contributed by atoms with Crippen molar-refractivity contribution in [3.05, 3.63) is 23.5 Å². The third kappa shape index (κ3) is 3.49. The van der Waals surface area contributed by atoms with Gasteiger partial charge in [-0.2, -0.15) is 0 Å². The summed E-state index contributed by atoms with van der Waals surface area (Å²) in [6, 6.07) is 2.78. The summed E-state index contributed by atoms with van der Waals surface area (Å²) in [5.41, 5.74) is 6.28. The minimum Gasteiger partial charge on any atom is -0.323 e. The quantitative estimate of drug-likeness (QED) is 0.772. The highest BCUT2D eigenvalue weighted by molar-refractivity contribution is 6.29. The maximum atomic E-state index is 11.5. The Morgan fingerprint density at radius 2 is 2.20 bits per heavy atom. The lowest BCUT2D eigenvalue weighted by Crippen LogP contribution is -2.39. The number of carbonyl (C=O) groups is 1. The number of nitrogens with zero attached hydrogens (tertiary/aromatic N) is 1. The van der Waals surface area contributed by atoms with Gasteiger partial charge in [-0.05, 0) is 18.1 Å². The lowest BCUT2D eigenvalue weighted by Gasteiger charge is -2.14. The molecule has 0 aromatic carbocycles. The van der Waals surface area contributed by atoms with Crippen LogP contribution in [0.1, 0.15) is 13.8 Å². The Morgan fingerprint density at radius 1 is 1.53 bits per heavy atom. The molecule has 0 saturated carbocycles. The van der Waals surface area contributed by atoms with Crippen molar-refractivity contribution in [2.45, 2.75) is 19.9 Å². The van der Waals surface area contributed by atoms with Crippen LogP contribution in [-0.4, -0.2) is 16.9 Å². The molecule has 0 aliphatic rings. The lowest BCUT2D eigenvalue weighted by molar-refractivity contribution is -0.118. The fraction of sp³-hybridized carbons (Fsp3) is 0.400. The Kier molecular flexibility index (Phi) is 4.05. The first-order valence-corrected chi connectivity index (χ1v) is 5.06. The minimum atomic E-state index is -0.513. The van der Waals surface area contributed by atoms with E-state index in [-0.39, 0.29) is 11.8 Å². The highest BCUT2D eigenvalue weighted by Gasteiger charge is 2.16. The van der Waals surface area contributed by atoms with E-state index < -0.39 is 6.04 Å². The van der Waals surface area contributed by atoms with Crippen molar-refractivity contribution in [2.75, 3.05) is 5.32 Å². The van der Waals surface area contributed by atoms with Gasteiger partial charge >= 0.3 is 0 Å². The van der Waals surface area contributed by atoms with Gasteiger partial charge in [0.1, 0.15) is 5.15 Å². The molecule has 1 heterocycles. The molecule has 0 aliphatic heterocycles. The van der Waals surface area contributed by atoms with Crippen molar-refractivity contribution in [3.63, 3.8) is 0 Å². The van der Waals surface area contributed by atoms with E-state index in [1.807, 2.05) is 13.8 Å². The molecule has 0 bridgehead atoms. The Bertz CT molecular complexity index is 337. The highest BCUT2D eigenvalue weighted by atomic mass is 35.5. The number of anilines is 1. The Hall–Kier alpha value is -1.13. The SMILES string of the molecule is CC(C)C(N)C(=O)Nc1ccc(Cl)nc1. The van der Waals surface area contributed by atoms with Crippen molar-refractivity contribution >= 4 is 23.2 Å². The molecule has 0 fully saturated rings. The zero-order chi connectivity index (χ0) is 11.4. The zero-order valence-electron chi connectivity index (χ0n) is 8.70. The summed E-state index contributed by atoms with van der Waals surface area (Å²) in [6.07, 6.45) is 1.49. The number of halogens is 1. The molecule has 0 aliphatic carbocycles. The van der Waals surface area contributed by atoms with Crippen LogP contribution in [0.4, 0.5) is 5.69 Å². The average Bonchev–Trinajstić information content (AvgIpc) is 2.20. The predicted molar refractivity (Wildman–Crippen MR) is 60.7 cm³/mol. The third-order valence-electron chi connectivity index (χ3n) is 2.02. The van der Waals surface area contributed by atoms with Crippen LogP contribution < -0.4 is 11.1 Å². The Morgan fingerprint density at radius 3 is 2.67 bits per heavy atom. The smallest absolute Gasteiger partial charge is 0.241 e. The molecule has 0 saturated heterocycles. The molecular formula is C10H14ClN3O. The van der Waals surface area contributed by atoms with Crippen molar-refractivity contribution in [1.29, 1.82) is 0 Å². The molecule has 1 amide bonds. The van der Waals surface area contributed by atoms with Crippen LogP contribution in [0.3, 0.4) is 0 Å². The maximum Gasteiger partial charge on any atom is 0.241 e. The van der Waals surface area contributed by atoms with Gasteiger partial charge in [-0.3, -0.25) is 4.79 Å².